The Balaban J connectivity index is 2.15. The van der Waals surface area contributed by atoms with Crippen LogP contribution in [-0.2, 0) is 17.8 Å². The average Bonchev–Trinajstić information content (AvgIpc) is 2.72. The van der Waals surface area contributed by atoms with E-state index in [4.69, 9.17) is 4.74 Å². The summed E-state index contributed by atoms with van der Waals surface area (Å²) in [5.74, 6) is 1.03. The van der Waals surface area contributed by atoms with Crippen molar-refractivity contribution in [2.45, 2.75) is 20.0 Å². The molecule has 0 radical (unpaired) electrons. The van der Waals surface area contributed by atoms with Crippen molar-refractivity contribution < 1.29 is 4.74 Å². The van der Waals surface area contributed by atoms with E-state index in [0.717, 1.165) is 36.6 Å². The van der Waals surface area contributed by atoms with Crippen molar-refractivity contribution >= 4 is 11.2 Å². The summed E-state index contributed by atoms with van der Waals surface area (Å²) in [5.41, 5.74) is 1.91. The number of pyridine rings is 1. The van der Waals surface area contributed by atoms with Gasteiger partial charge in [0.15, 0.2) is 5.65 Å². The molecule has 0 saturated heterocycles. The van der Waals surface area contributed by atoms with E-state index in [9.17, 15) is 0 Å². The van der Waals surface area contributed by atoms with Crippen molar-refractivity contribution in [3.63, 3.8) is 0 Å². The van der Waals surface area contributed by atoms with Crippen LogP contribution in [0.2, 0.25) is 0 Å². The van der Waals surface area contributed by atoms with Crippen molar-refractivity contribution in [3.8, 4) is 0 Å². The Morgan fingerprint density at radius 3 is 3.12 bits per heavy atom. The standard InChI is InChI=1S/C12H18N4O/c1-3-16-11(9-13-7-8-17-2)15-10-5-4-6-14-12(10)16/h4-6,13H,3,7-9H2,1-2H3. The topological polar surface area (TPSA) is 52.0 Å². The smallest absolute Gasteiger partial charge is 0.160 e. The number of nitrogens with zero attached hydrogens (tertiary/aromatic N) is 3. The first kappa shape index (κ1) is 12.0. The fourth-order valence-corrected chi connectivity index (χ4v) is 1.85. The predicted octanol–water partition coefficient (Wildman–Crippen LogP) is 1.19. The highest BCUT2D eigenvalue weighted by Crippen LogP contribution is 2.12. The molecular formula is C12H18N4O. The Kier molecular flexibility index (Phi) is 4.06. The molecule has 92 valence electrons. The molecule has 5 heteroatoms. The second-order valence-electron chi connectivity index (χ2n) is 3.79. The molecule has 0 aliphatic carbocycles. The van der Waals surface area contributed by atoms with Gasteiger partial charge in [-0.2, -0.15) is 0 Å². The number of hydrogen-bond donors (Lipinski definition) is 1. The summed E-state index contributed by atoms with van der Waals surface area (Å²) in [6.07, 6.45) is 1.80. The maximum atomic E-state index is 4.99. The molecule has 0 atom stereocenters. The number of methoxy groups -OCH3 is 1. The third-order valence-electron chi connectivity index (χ3n) is 2.67. The lowest BCUT2D eigenvalue weighted by Crippen LogP contribution is -2.21. The summed E-state index contributed by atoms with van der Waals surface area (Å²) in [6, 6.07) is 3.91. The van der Waals surface area contributed by atoms with E-state index in [-0.39, 0.29) is 0 Å². The van der Waals surface area contributed by atoms with Crippen LogP contribution in [-0.4, -0.2) is 34.8 Å². The third kappa shape index (κ3) is 2.62. The lowest BCUT2D eigenvalue weighted by Gasteiger charge is -2.06. The SMILES string of the molecule is CCn1c(CNCCOC)nc2cccnc21. The van der Waals surface area contributed by atoms with Gasteiger partial charge in [0.05, 0.1) is 13.2 Å². The molecule has 2 aromatic heterocycles. The Morgan fingerprint density at radius 1 is 1.47 bits per heavy atom. The van der Waals surface area contributed by atoms with E-state index in [1.165, 1.54) is 0 Å². The average molecular weight is 234 g/mol. The second-order valence-corrected chi connectivity index (χ2v) is 3.79. The highest BCUT2D eigenvalue weighted by molar-refractivity contribution is 5.71. The number of aromatic nitrogens is 3. The normalized spacial score (nSPS) is 11.2. The summed E-state index contributed by atoms with van der Waals surface area (Å²) in [5, 5.41) is 3.30. The van der Waals surface area contributed by atoms with Crippen LogP contribution in [0.3, 0.4) is 0 Å². The molecule has 0 bridgehead atoms. The highest BCUT2D eigenvalue weighted by Gasteiger charge is 2.08. The molecule has 17 heavy (non-hydrogen) atoms. The first-order valence-corrected chi connectivity index (χ1v) is 5.86. The van der Waals surface area contributed by atoms with Gasteiger partial charge in [0.1, 0.15) is 11.3 Å². The Bertz CT molecular complexity index is 480. The molecule has 1 N–H and O–H groups in total. The van der Waals surface area contributed by atoms with E-state index >= 15 is 0 Å². The van der Waals surface area contributed by atoms with Gasteiger partial charge in [-0.15, -0.1) is 0 Å². The van der Waals surface area contributed by atoms with Gasteiger partial charge in [-0.05, 0) is 19.1 Å². The number of aryl methyl sites for hydroxylation is 1. The number of imidazole rings is 1. The van der Waals surface area contributed by atoms with Crippen LogP contribution in [0, 0.1) is 0 Å². The lowest BCUT2D eigenvalue weighted by atomic mass is 10.4. The third-order valence-corrected chi connectivity index (χ3v) is 2.67. The van der Waals surface area contributed by atoms with Gasteiger partial charge in [-0.25, -0.2) is 9.97 Å². The van der Waals surface area contributed by atoms with Crippen molar-refractivity contribution in [2.75, 3.05) is 20.3 Å². The van der Waals surface area contributed by atoms with Crippen LogP contribution >= 0.6 is 0 Å². The fraction of sp³-hybridized carbons (Fsp3) is 0.500. The first-order chi connectivity index (χ1) is 8.36. The molecule has 0 aromatic carbocycles. The molecule has 0 unspecified atom stereocenters. The summed E-state index contributed by atoms with van der Waals surface area (Å²) < 4.78 is 7.13. The van der Waals surface area contributed by atoms with E-state index in [1.807, 2.05) is 12.1 Å². The van der Waals surface area contributed by atoms with Gasteiger partial charge < -0.3 is 14.6 Å². The number of fused-ring (bicyclic) bond motifs is 1. The van der Waals surface area contributed by atoms with Crippen LogP contribution < -0.4 is 5.32 Å². The molecule has 2 aromatic rings. The number of ether oxygens (including phenoxy) is 1. The van der Waals surface area contributed by atoms with Crippen LogP contribution in [0.5, 0.6) is 0 Å². The van der Waals surface area contributed by atoms with Gasteiger partial charge in [-0.1, -0.05) is 0 Å². The minimum atomic E-state index is 0.713. The number of nitrogens with one attached hydrogen (secondary N) is 1. The summed E-state index contributed by atoms with van der Waals surface area (Å²) >= 11 is 0. The van der Waals surface area contributed by atoms with Crippen LogP contribution in [0.25, 0.3) is 11.2 Å². The molecule has 0 aliphatic rings. The van der Waals surface area contributed by atoms with Crippen LogP contribution in [0.15, 0.2) is 18.3 Å². The summed E-state index contributed by atoms with van der Waals surface area (Å²) in [6.45, 7) is 5.28. The van der Waals surface area contributed by atoms with Crippen molar-refractivity contribution in [1.82, 2.24) is 19.9 Å². The summed E-state index contributed by atoms with van der Waals surface area (Å²) in [4.78, 5) is 8.94. The molecule has 0 spiro atoms. The second kappa shape index (κ2) is 5.75. The zero-order valence-corrected chi connectivity index (χ0v) is 10.3. The minimum Gasteiger partial charge on any atom is -0.383 e. The number of hydrogen-bond acceptors (Lipinski definition) is 4. The van der Waals surface area contributed by atoms with Gasteiger partial charge in [0.2, 0.25) is 0 Å². The quantitative estimate of drug-likeness (QED) is 0.763. The first-order valence-electron chi connectivity index (χ1n) is 5.86. The largest absolute Gasteiger partial charge is 0.383 e. The van der Waals surface area contributed by atoms with Crippen molar-refractivity contribution in [2.24, 2.45) is 0 Å². The Hall–Kier alpha value is -1.46. The molecule has 0 fully saturated rings. The zero-order chi connectivity index (χ0) is 12.1. The minimum absolute atomic E-state index is 0.713. The van der Waals surface area contributed by atoms with E-state index < -0.39 is 0 Å². The maximum Gasteiger partial charge on any atom is 0.160 e. The molecule has 0 saturated carbocycles. The molecule has 5 nitrogen and oxygen atoms in total. The van der Waals surface area contributed by atoms with Crippen molar-refractivity contribution in [3.05, 3.63) is 24.2 Å². The molecule has 2 heterocycles. The van der Waals surface area contributed by atoms with Gasteiger partial charge in [0, 0.05) is 26.4 Å². The molecule has 2 rings (SSSR count). The Morgan fingerprint density at radius 2 is 2.35 bits per heavy atom. The van der Waals surface area contributed by atoms with Crippen LogP contribution in [0.4, 0.5) is 0 Å². The highest BCUT2D eigenvalue weighted by atomic mass is 16.5. The van der Waals surface area contributed by atoms with Gasteiger partial charge in [0.25, 0.3) is 0 Å². The Labute approximate surface area is 101 Å². The van der Waals surface area contributed by atoms with Crippen molar-refractivity contribution in [1.29, 1.82) is 0 Å². The van der Waals surface area contributed by atoms with Crippen LogP contribution in [0.1, 0.15) is 12.7 Å². The molecule has 0 aliphatic heterocycles. The monoisotopic (exact) mass is 234 g/mol. The zero-order valence-electron chi connectivity index (χ0n) is 10.3. The summed E-state index contributed by atoms with van der Waals surface area (Å²) in [7, 11) is 1.70. The fourth-order valence-electron chi connectivity index (χ4n) is 1.85. The van der Waals surface area contributed by atoms with E-state index in [1.54, 1.807) is 13.3 Å². The maximum absolute atomic E-state index is 4.99. The van der Waals surface area contributed by atoms with Gasteiger partial charge in [-0.3, -0.25) is 0 Å². The number of rotatable bonds is 6. The molecular weight excluding hydrogens is 216 g/mol. The van der Waals surface area contributed by atoms with Gasteiger partial charge >= 0.3 is 0 Å². The van der Waals surface area contributed by atoms with E-state index in [0.29, 0.717) is 6.61 Å². The molecule has 0 amide bonds. The lowest BCUT2D eigenvalue weighted by molar-refractivity contribution is 0.199. The predicted molar refractivity (Wildman–Crippen MR) is 66.8 cm³/mol. The van der Waals surface area contributed by atoms with E-state index in [2.05, 4.69) is 26.8 Å².